The number of nitrogens with one attached hydrogen (secondary N) is 1. The van der Waals surface area contributed by atoms with Crippen molar-refractivity contribution in [1.29, 1.82) is 0 Å². The van der Waals surface area contributed by atoms with Crippen molar-refractivity contribution >= 4 is 17.9 Å². The van der Waals surface area contributed by atoms with Crippen LogP contribution in [-0.2, 0) is 6.54 Å². The Labute approximate surface area is 198 Å². The highest BCUT2D eigenvalue weighted by atomic mass is 16.5. The smallest absolute Gasteiger partial charge is 0.276 e. The van der Waals surface area contributed by atoms with Crippen LogP contribution in [-0.4, -0.2) is 40.2 Å². The summed E-state index contributed by atoms with van der Waals surface area (Å²) in [5.74, 6) is 0.971. The van der Waals surface area contributed by atoms with Crippen LogP contribution >= 0.6 is 0 Å². The fourth-order valence-corrected chi connectivity index (χ4v) is 3.93. The second-order valence-corrected chi connectivity index (χ2v) is 8.19. The number of carbonyl (C=O) groups is 1. The first-order chi connectivity index (χ1) is 16.5. The van der Waals surface area contributed by atoms with Crippen LogP contribution in [0.1, 0.15) is 53.3 Å². The Kier molecular flexibility index (Phi) is 7.44. The number of benzene rings is 2. The molecule has 0 aliphatic heterocycles. The summed E-state index contributed by atoms with van der Waals surface area (Å²) in [6.45, 7) is 0.126. The van der Waals surface area contributed by atoms with E-state index in [4.69, 9.17) is 15.2 Å². The van der Waals surface area contributed by atoms with E-state index in [0.29, 0.717) is 11.5 Å². The molecule has 0 radical (unpaired) electrons. The van der Waals surface area contributed by atoms with E-state index in [2.05, 4.69) is 15.6 Å². The number of hydrogen-bond acceptors (Lipinski definition) is 7. The maximum Gasteiger partial charge on any atom is 0.276 e. The van der Waals surface area contributed by atoms with E-state index >= 15 is 0 Å². The van der Waals surface area contributed by atoms with E-state index in [1.54, 1.807) is 13.2 Å². The van der Waals surface area contributed by atoms with E-state index in [1.807, 2.05) is 42.5 Å². The SMILES string of the molecule is COc1cc(/C=N/NC(=O)c2cnn(CC(O)c3ccccc3)c2N)ccc1OC1CCCC1. The molecule has 178 valence electrons. The maximum atomic E-state index is 12.5. The van der Waals surface area contributed by atoms with Gasteiger partial charge in [0.15, 0.2) is 11.5 Å². The number of methoxy groups -OCH3 is 1. The zero-order chi connectivity index (χ0) is 23.9. The van der Waals surface area contributed by atoms with Crippen molar-refractivity contribution in [1.82, 2.24) is 15.2 Å². The first-order valence-corrected chi connectivity index (χ1v) is 11.3. The van der Waals surface area contributed by atoms with E-state index in [-0.39, 0.29) is 24.0 Å². The molecule has 3 aromatic rings. The summed E-state index contributed by atoms with van der Waals surface area (Å²) in [5.41, 5.74) is 10.2. The van der Waals surface area contributed by atoms with E-state index in [0.717, 1.165) is 24.0 Å². The maximum absolute atomic E-state index is 12.5. The zero-order valence-electron chi connectivity index (χ0n) is 19.1. The first-order valence-electron chi connectivity index (χ1n) is 11.3. The minimum atomic E-state index is -0.798. The average molecular weight is 464 g/mol. The molecule has 0 bridgehead atoms. The van der Waals surface area contributed by atoms with Gasteiger partial charge in [0.25, 0.3) is 5.91 Å². The quantitative estimate of drug-likeness (QED) is 0.330. The third-order valence-corrected chi connectivity index (χ3v) is 5.82. The summed E-state index contributed by atoms with van der Waals surface area (Å²) in [4.78, 5) is 12.5. The Morgan fingerprint density at radius 1 is 1.26 bits per heavy atom. The van der Waals surface area contributed by atoms with Crippen LogP contribution in [0.3, 0.4) is 0 Å². The second kappa shape index (κ2) is 10.8. The van der Waals surface area contributed by atoms with Gasteiger partial charge < -0.3 is 20.3 Å². The fourth-order valence-electron chi connectivity index (χ4n) is 3.93. The zero-order valence-corrected chi connectivity index (χ0v) is 19.1. The monoisotopic (exact) mass is 463 g/mol. The molecule has 1 unspecified atom stereocenters. The molecule has 1 aliphatic carbocycles. The van der Waals surface area contributed by atoms with Crippen molar-refractivity contribution in [3.8, 4) is 11.5 Å². The number of nitrogens with zero attached hydrogens (tertiary/aromatic N) is 3. The number of nitrogen functional groups attached to an aromatic ring is 1. The standard InChI is InChI=1S/C25H29N5O4/c1-33-23-13-17(11-12-22(23)34-19-9-5-6-10-19)14-27-29-25(32)20-15-28-30(24(20)26)16-21(31)18-7-3-2-4-8-18/h2-4,7-8,11-15,19,21,31H,5-6,9-10,16,26H2,1H3,(H,29,32)/b27-14+. The highest BCUT2D eigenvalue weighted by Gasteiger charge is 2.19. The molecule has 0 saturated heterocycles. The molecule has 1 atom stereocenters. The molecule has 0 spiro atoms. The molecule has 1 aromatic heterocycles. The number of anilines is 1. The minimum absolute atomic E-state index is 0.126. The van der Waals surface area contributed by atoms with Gasteiger partial charge >= 0.3 is 0 Å². The molecule has 1 amide bonds. The number of nitrogens with two attached hydrogens (primary N) is 1. The van der Waals surface area contributed by atoms with E-state index < -0.39 is 12.0 Å². The number of amides is 1. The van der Waals surface area contributed by atoms with Gasteiger partial charge in [-0.2, -0.15) is 10.2 Å². The molecule has 4 rings (SSSR count). The number of aliphatic hydroxyl groups is 1. The molecule has 2 aromatic carbocycles. The Hall–Kier alpha value is -3.85. The molecule has 1 saturated carbocycles. The van der Waals surface area contributed by atoms with E-state index in [9.17, 15) is 9.90 Å². The number of ether oxygens (including phenoxy) is 2. The lowest BCUT2D eigenvalue weighted by molar-refractivity contribution is 0.0955. The Bertz CT molecular complexity index is 1140. The van der Waals surface area contributed by atoms with Crippen LogP contribution in [0.2, 0.25) is 0 Å². The van der Waals surface area contributed by atoms with Crippen molar-refractivity contribution in [2.24, 2.45) is 5.10 Å². The first kappa shape index (κ1) is 23.3. The summed E-state index contributed by atoms with van der Waals surface area (Å²) >= 11 is 0. The lowest BCUT2D eigenvalue weighted by Gasteiger charge is -2.16. The number of aromatic nitrogens is 2. The molecule has 4 N–H and O–H groups in total. The normalized spacial score (nSPS) is 14.9. The van der Waals surface area contributed by atoms with Gasteiger partial charge in [0.2, 0.25) is 0 Å². The van der Waals surface area contributed by atoms with Crippen LogP contribution in [0.5, 0.6) is 11.5 Å². The van der Waals surface area contributed by atoms with Crippen LogP contribution in [0.25, 0.3) is 0 Å². The van der Waals surface area contributed by atoms with Crippen LogP contribution < -0.4 is 20.6 Å². The van der Waals surface area contributed by atoms with Gasteiger partial charge in [-0.3, -0.25) is 4.79 Å². The number of hydrazone groups is 1. The van der Waals surface area contributed by atoms with Crippen molar-refractivity contribution in [2.75, 3.05) is 12.8 Å². The summed E-state index contributed by atoms with van der Waals surface area (Å²) in [7, 11) is 1.59. The summed E-state index contributed by atoms with van der Waals surface area (Å²) < 4.78 is 12.9. The topological polar surface area (TPSA) is 124 Å². The molecule has 1 aliphatic rings. The van der Waals surface area contributed by atoms with Gasteiger partial charge in [0, 0.05) is 0 Å². The molecule has 9 nitrogen and oxygen atoms in total. The van der Waals surface area contributed by atoms with Crippen molar-refractivity contribution in [2.45, 2.75) is 44.4 Å². The Morgan fingerprint density at radius 3 is 2.76 bits per heavy atom. The third kappa shape index (κ3) is 5.55. The summed E-state index contributed by atoms with van der Waals surface area (Å²) in [6.07, 6.45) is 6.80. The largest absolute Gasteiger partial charge is 0.493 e. The molecule has 1 heterocycles. The molecular formula is C25H29N5O4. The summed E-state index contributed by atoms with van der Waals surface area (Å²) in [5, 5.41) is 18.5. The van der Waals surface area contributed by atoms with E-state index in [1.165, 1.54) is 29.9 Å². The van der Waals surface area contributed by atoms with Gasteiger partial charge in [-0.1, -0.05) is 30.3 Å². The molecule has 9 heteroatoms. The lowest BCUT2D eigenvalue weighted by Crippen LogP contribution is -2.19. The van der Waals surface area contributed by atoms with Crippen molar-refractivity contribution in [3.63, 3.8) is 0 Å². The van der Waals surface area contributed by atoms with Gasteiger partial charge in [-0.15, -0.1) is 0 Å². The Balaban J connectivity index is 1.36. The highest BCUT2D eigenvalue weighted by Crippen LogP contribution is 2.32. The van der Waals surface area contributed by atoms with Gasteiger partial charge in [0.1, 0.15) is 11.4 Å². The van der Waals surface area contributed by atoms with Crippen LogP contribution in [0, 0.1) is 0 Å². The molecule has 34 heavy (non-hydrogen) atoms. The summed E-state index contributed by atoms with van der Waals surface area (Å²) in [6, 6.07) is 14.7. The molecule has 1 fully saturated rings. The number of rotatable bonds is 9. The number of aliphatic hydroxyl groups excluding tert-OH is 1. The lowest BCUT2D eigenvalue weighted by atomic mass is 10.1. The van der Waals surface area contributed by atoms with Gasteiger partial charge in [0.05, 0.1) is 38.3 Å². The fraction of sp³-hybridized carbons (Fsp3) is 0.320. The average Bonchev–Trinajstić information content (AvgIpc) is 3.50. The van der Waals surface area contributed by atoms with Crippen molar-refractivity contribution < 1.29 is 19.4 Å². The second-order valence-electron chi connectivity index (χ2n) is 8.19. The van der Waals surface area contributed by atoms with Gasteiger partial charge in [-0.25, -0.2) is 10.1 Å². The highest BCUT2D eigenvalue weighted by molar-refractivity contribution is 5.98. The molecular weight excluding hydrogens is 434 g/mol. The Morgan fingerprint density at radius 2 is 2.03 bits per heavy atom. The van der Waals surface area contributed by atoms with Crippen molar-refractivity contribution in [3.05, 3.63) is 71.4 Å². The van der Waals surface area contributed by atoms with Crippen LogP contribution in [0.15, 0.2) is 59.8 Å². The van der Waals surface area contributed by atoms with Crippen LogP contribution in [0.4, 0.5) is 5.82 Å². The van der Waals surface area contributed by atoms with Gasteiger partial charge in [-0.05, 0) is 55.0 Å². The number of hydrogen-bond donors (Lipinski definition) is 3. The minimum Gasteiger partial charge on any atom is -0.493 e. The number of carbonyl (C=O) groups excluding carboxylic acids is 1. The third-order valence-electron chi connectivity index (χ3n) is 5.82. The predicted molar refractivity (Wildman–Crippen MR) is 129 cm³/mol. The predicted octanol–water partition coefficient (Wildman–Crippen LogP) is 3.29.